The van der Waals surface area contributed by atoms with Crippen LogP contribution in [-0.4, -0.2) is 49.6 Å². The molecule has 1 unspecified atom stereocenters. The topological polar surface area (TPSA) is 66.0 Å². The second-order valence-corrected chi connectivity index (χ2v) is 5.79. The fourth-order valence-electron chi connectivity index (χ4n) is 2.84. The molecule has 1 aromatic rings. The molecule has 1 aromatic carbocycles. The van der Waals surface area contributed by atoms with Gasteiger partial charge in [-0.3, -0.25) is 9.79 Å². The Morgan fingerprint density at radius 1 is 1.36 bits per heavy atom. The summed E-state index contributed by atoms with van der Waals surface area (Å²) in [6.07, 6.45) is 1.51. The number of nitrogens with zero attached hydrogens (tertiary/aromatic N) is 2. The molecule has 1 atom stereocenters. The first-order chi connectivity index (χ1) is 11.7. The normalized spacial score (nSPS) is 17.0. The predicted molar refractivity (Wildman–Crippen MR) is 112 cm³/mol. The van der Waals surface area contributed by atoms with Gasteiger partial charge in [0.2, 0.25) is 5.91 Å². The smallest absolute Gasteiger partial charge is 0.222 e. The maximum absolute atomic E-state index is 11.8. The minimum Gasteiger partial charge on any atom is -0.494 e. The SMILES string of the molecule is CCOc1ccccc1CNC(=NC)NC1CCN(C(=O)CC)C1.I. The summed E-state index contributed by atoms with van der Waals surface area (Å²) in [5.74, 6) is 1.86. The highest BCUT2D eigenvalue weighted by Crippen LogP contribution is 2.17. The molecule has 1 fully saturated rings. The second kappa shape index (κ2) is 11.2. The number of guanidine groups is 1. The lowest BCUT2D eigenvalue weighted by Crippen LogP contribution is -2.44. The van der Waals surface area contributed by atoms with Crippen molar-refractivity contribution in [3.05, 3.63) is 29.8 Å². The maximum Gasteiger partial charge on any atom is 0.222 e. The Balaban J connectivity index is 0.00000312. The molecular weight excluding hydrogens is 431 g/mol. The summed E-state index contributed by atoms with van der Waals surface area (Å²) < 4.78 is 5.64. The van der Waals surface area contributed by atoms with Crippen LogP contribution in [0.2, 0.25) is 0 Å². The third-order valence-electron chi connectivity index (χ3n) is 4.13. The molecule has 6 nitrogen and oxygen atoms in total. The van der Waals surface area contributed by atoms with Crippen LogP contribution in [0, 0.1) is 0 Å². The summed E-state index contributed by atoms with van der Waals surface area (Å²) in [7, 11) is 1.76. The molecular formula is C18H29IN4O2. The van der Waals surface area contributed by atoms with Crippen LogP contribution in [0.25, 0.3) is 0 Å². The fourth-order valence-corrected chi connectivity index (χ4v) is 2.84. The summed E-state index contributed by atoms with van der Waals surface area (Å²) in [6.45, 7) is 6.72. The van der Waals surface area contributed by atoms with E-state index in [1.165, 1.54) is 0 Å². The van der Waals surface area contributed by atoms with Crippen molar-refractivity contribution in [3.8, 4) is 5.75 Å². The molecule has 0 aromatic heterocycles. The van der Waals surface area contributed by atoms with Crippen molar-refractivity contribution in [3.63, 3.8) is 0 Å². The van der Waals surface area contributed by atoms with Crippen molar-refractivity contribution in [1.82, 2.24) is 15.5 Å². The number of hydrogen-bond acceptors (Lipinski definition) is 3. The number of hydrogen-bond donors (Lipinski definition) is 2. The predicted octanol–water partition coefficient (Wildman–Crippen LogP) is 2.38. The third kappa shape index (κ3) is 6.37. The third-order valence-corrected chi connectivity index (χ3v) is 4.13. The van der Waals surface area contributed by atoms with E-state index in [-0.39, 0.29) is 35.9 Å². The van der Waals surface area contributed by atoms with Gasteiger partial charge >= 0.3 is 0 Å². The van der Waals surface area contributed by atoms with Gasteiger partial charge in [-0.25, -0.2) is 0 Å². The highest BCUT2D eigenvalue weighted by molar-refractivity contribution is 14.0. The maximum atomic E-state index is 11.8. The molecule has 7 heteroatoms. The Bertz CT molecular complexity index is 580. The number of aliphatic imine (C=N–C) groups is 1. The van der Waals surface area contributed by atoms with Crippen LogP contribution in [0.15, 0.2) is 29.3 Å². The lowest BCUT2D eigenvalue weighted by atomic mass is 10.2. The number of para-hydroxylation sites is 1. The van der Waals surface area contributed by atoms with E-state index < -0.39 is 0 Å². The average molecular weight is 460 g/mol. The molecule has 0 bridgehead atoms. The Hall–Kier alpha value is -1.51. The summed E-state index contributed by atoms with van der Waals surface area (Å²) in [6, 6.07) is 8.24. The number of carbonyl (C=O) groups excluding carboxylic acids is 1. The summed E-state index contributed by atoms with van der Waals surface area (Å²) >= 11 is 0. The first kappa shape index (κ1) is 21.5. The zero-order valence-corrected chi connectivity index (χ0v) is 17.6. The average Bonchev–Trinajstić information content (AvgIpc) is 3.07. The van der Waals surface area contributed by atoms with Gasteiger partial charge in [0.1, 0.15) is 5.75 Å². The van der Waals surface area contributed by atoms with Gasteiger partial charge in [-0.15, -0.1) is 24.0 Å². The summed E-state index contributed by atoms with van der Waals surface area (Å²) in [5, 5.41) is 6.73. The number of ether oxygens (including phenoxy) is 1. The first-order valence-electron chi connectivity index (χ1n) is 8.63. The number of amides is 1. The molecule has 140 valence electrons. The van der Waals surface area contributed by atoms with Gasteiger partial charge in [0.25, 0.3) is 0 Å². The zero-order chi connectivity index (χ0) is 17.4. The number of likely N-dealkylation sites (tertiary alicyclic amines) is 1. The number of carbonyl (C=O) groups is 1. The molecule has 2 rings (SSSR count). The zero-order valence-electron chi connectivity index (χ0n) is 15.2. The van der Waals surface area contributed by atoms with Gasteiger partial charge < -0.3 is 20.3 Å². The van der Waals surface area contributed by atoms with Crippen molar-refractivity contribution in [2.24, 2.45) is 4.99 Å². The van der Waals surface area contributed by atoms with Gasteiger partial charge in [0, 0.05) is 44.7 Å². The molecule has 0 radical (unpaired) electrons. The molecule has 1 aliphatic heterocycles. The molecule has 1 amide bonds. The van der Waals surface area contributed by atoms with Crippen LogP contribution < -0.4 is 15.4 Å². The van der Waals surface area contributed by atoms with Crippen molar-refractivity contribution in [1.29, 1.82) is 0 Å². The summed E-state index contributed by atoms with van der Waals surface area (Å²) in [5.41, 5.74) is 1.09. The Morgan fingerprint density at radius 3 is 2.80 bits per heavy atom. The van der Waals surface area contributed by atoms with E-state index in [9.17, 15) is 4.79 Å². The van der Waals surface area contributed by atoms with Crippen LogP contribution in [0.5, 0.6) is 5.75 Å². The van der Waals surface area contributed by atoms with Crippen molar-refractivity contribution in [2.75, 3.05) is 26.7 Å². The van der Waals surface area contributed by atoms with Gasteiger partial charge in [-0.1, -0.05) is 25.1 Å². The number of benzene rings is 1. The van der Waals surface area contributed by atoms with Crippen LogP contribution in [-0.2, 0) is 11.3 Å². The number of nitrogens with one attached hydrogen (secondary N) is 2. The Kier molecular flexibility index (Phi) is 9.62. The second-order valence-electron chi connectivity index (χ2n) is 5.79. The molecule has 25 heavy (non-hydrogen) atoms. The minimum absolute atomic E-state index is 0. The molecule has 0 spiro atoms. The Labute approximate surface area is 167 Å². The molecule has 0 saturated carbocycles. The van der Waals surface area contributed by atoms with Crippen LogP contribution in [0.4, 0.5) is 0 Å². The van der Waals surface area contributed by atoms with E-state index in [1.54, 1.807) is 7.05 Å². The first-order valence-corrected chi connectivity index (χ1v) is 8.63. The number of halogens is 1. The fraction of sp³-hybridized carbons (Fsp3) is 0.556. The lowest BCUT2D eigenvalue weighted by molar-refractivity contribution is -0.129. The molecule has 2 N–H and O–H groups in total. The van der Waals surface area contributed by atoms with E-state index in [1.807, 2.05) is 43.0 Å². The van der Waals surface area contributed by atoms with E-state index in [4.69, 9.17) is 4.74 Å². The van der Waals surface area contributed by atoms with Crippen LogP contribution >= 0.6 is 24.0 Å². The van der Waals surface area contributed by atoms with E-state index in [2.05, 4.69) is 15.6 Å². The molecule has 1 aliphatic rings. The van der Waals surface area contributed by atoms with E-state index >= 15 is 0 Å². The van der Waals surface area contributed by atoms with Crippen molar-refractivity contribution >= 4 is 35.8 Å². The van der Waals surface area contributed by atoms with Crippen molar-refractivity contribution in [2.45, 2.75) is 39.3 Å². The molecule has 0 aliphatic carbocycles. The van der Waals surface area contributed by atoms with E-state index in [0.717, 1.165) is 36.8 Å². The largest absolute Gasteiger partial charge is 0.494 e. The highest BCUT2D eigenvalue weighted by atomic mass is 127. The lowest BCUT2D eigenvalue weighted by Gasteiger charge is -2.19. The molecule has 1 heterocycles. The van der Waals surface area contributed by atoms with Crippen LogP contribution in [0.1, 0.15) is 32.3 Å². The highest BCUT2D eigenvalue weighted by Gasteiger charge is 2.25. The molecule has 1 saturated heterocycles. The van der Waals surface area contributed by atoms with Gasteiger partial charge in [-0.2, -0.15) is 0 Å². The van der Waals surface area contributed by atoms with E-state index in [0.29, 0.717) is 19.6 Å². The Morgan fingerprint density at radius 2 is 2.12 bits per heavy atom. The van der Waals surface area contributed by atoms with Gasteiger partial charge in [0.15, 0.2) is 5.96 Å². The monoisotopic (exact) mass is 460 g/mol. The minimum atomic E-state index is 0. The quantitative estimate of drug-likeness (QED) is 0.389. The van der Waals surface area contributed by atoms with Gasteiger partial charge in [-0.05, 0) is 19.4 Å². The number of rotatable bonds is 6. The van der Waals surface area contributed by atoms with Gasteiger partial charge in [0.05, 0.1) is 6.61 Å². The summed E-state index contributed by atoms with van der Waals surface area (Å²) in [4.78, 5) is 18.0. The van der Waals surface area contributed by atoms with Crippen LogP contribution in [0.3, 0.4) is 0 Å². The standard InChI is InChI=1S/C18H28N4O2.HI/c1-4-17(23)22-11-10-15(13-22)21-18(19-3)20-12-14-8-6-7-9-16(14)24-5-2;/h6-9,15H,4-5,10-13H2,1-3H3,(H2,19,20,21);1H. The van der Waals surface area contributed by atoms with Crippen molar-refractivity contribution < 1.29 is 9.53 Å².